The molecule has 1 heterocycles. The number of aromatic nitrogens is 1. The highest BCUT2D eigenvalue weighted by molar-refractivity contribution is 7.11. The van der Waals surface area contributed by atoms with Crippen molar-refractivity contribution in [2.45, 2.75) is 25.3 Å². The number of anilines is 1. The second-order valence-electron chi connectivity index (χ2n) is 5.11. The fraction of sp³-hybridized carbons (Fsp3) is 0.500. The van der Waals surface area contributed by atoms with Gasteiger partial charge in [-0.3, -0.25) is 0 Å². The Labute approximate surface area is 112 Å². The number of nitrogens with two attached hydrogens (primary N) is 1. The third-order valence-electron chi connectivity index (χ3n) is 4.10. The molecule has 0 saturated heterocycles. The second kappa shape index (κ2) is 4.86. The maximum absolute atomic E-state index is 5.89. The number of nitrogens with zero attached hydrogens (tertiary/aromatic N) is 2. The summed E-state index contributed by atoms with van der Waals surface area (Å²) >= 11 is 1.61. The van der Waals surface area contributed by atoms with Gasteiger partial charge in [0.05, 0.1) is 5.52 Å². The Morgan fingerprint density at radius 3 is 3.06 bits per heavy atom. The zero-order chi connectivity index (χ0) is 12.5. The van der Waals surface area contributed by atoms with Crippen LogP contribution in [0.15, 0.2) is 24.3 Å². The van der Waals surface area contributed by atoms with Crippen molar-refractivity contribution in [1.82, 2.24) is 4.37 Å². The van der Waals surface area contributed by atoms with E-state index in [9.17, 15) is 0 Å². The second-order valence-corrected chi connectivity index (χ2v) is 5.86. The summed E-state index contributed by atoms with van der Waals surface area (Å²) in [6.07, 6.45) is 3.82. The van der Waals surface area contributed by atoms with Crippen molar-refractivity contribution >= 4 is 27.4 Å². The molecule has 96 valence electrons. The van der Waals surface area contributed by atoms with Gasteiger partial charge < -0.3 is 10.6 Å². The molecule has 2 aromatic rings. The molecule has 2 N–H and O–H groups in total. The molecule has 1 aromatic carbocycles. The Balaban J connectivity index is 1.94. The number of hydrogen-bond acceptors (Lipinski definition) is 4. The molecule has 1 aliphatic rings. The van der Waals surface area contributed by atoms with Gasteiger partial charge in [0.2, 0.25) is 0 Å². The van der Waals surface area contributed by atoms with Crippen molar-refractivity contribution < 1.29 is 0 Å². The molecule has 1 saturated carbocycles. The minimum Gasteiger partial charge on any atom is -0.361 e. The van der Waals surface area contributed by atoms with E-state index in [-0.39, 0.29) is 0 Å². The van der Waals surface area contributed by atoms with Gasteiger partial charge in [0.25, 0.3) is 0 Å². The van der Waals surface area contributed by atoms with Crippen LogP contribution in [0.5, 0.6) is 0 Å². The summed E-state index contributed by atoms with van der Waals surface area (Å²) in [7, 11) is 2.19. The summed E-state index contributed by atoms with van der Waals surface area (Å²) < 4.78 is 4.53. The first-order valence-electron chi connectivity index (χ1n) is 6.58. The van der Waals surface area contributed by atoms with Crippen molar-refractivity contribution in [3.05, 3.63) is 24.3 Å². The first-order chi connectivity index (χ1) is 8.81. The van der Waals surface area contributed by atoms with Crippen LogP contribution in [-0.4, -0.2) is 24.0 Å². The van der Waals surface area contributed by atoms with Crippen molar-refractivity contribution in [3.8, 4) is 0 Å². The largest absolute Gasteiger partial charge is 0.361 e. The first kappa shape index (κ1) is 11.9. The molecule has 2 atom stereocenters. The van der Waals surface area contributed by atoms with E-state index < -0.39 is 0 Å². The monoisotopic (exact) mass is 261 g/mol. The van der Waals surface area contributed by atoms with E-state index >= 15 is 0 Å². The van der Waals surface area contributed by atoms with Gasteiger partial charge in [0.15, 0.2) is 0 Å². The van der Waals surface area contributed by atoms with Gasteiger partial charge in [-0.25, -0.2) is 0 Å². The molecule has 0 radical (unpaired) electrons. The van der Waals surface area contributed by atoms with Gasteiger partial charge in [-0.2, -0.15) is 4.37 Å². The van der Waals surface area contributed by atoms with Gasteiger partial charge in [-0.1, -0.05) is 18.6 Å². The molecule has 4 heteroatoms. The molecule has 1 aromatic heterocycles. The Hall–Kier alpha value is -1.13. The Morgan fingerprint density at radius 2 is 2.22 bits per heavy atom. The lowest BCUT2D eigenvalue weighted by Gasteiger charge is -2.29. The number of rotatable bonds is 3. The molecule has 18 heavy (non-hydrogen) atoms. The molecule has 1 aliphatic carbocycles. The highest BCUT2D eigenvalue weighted by atomic mass is 32.1. The van der Waals surface area contributed by atoms with Crippen LogP contribution in [0.1, 0.15) is 19.3 Å². The maximum atomic E-state index is 5.89. The zero-order valence-electron chi connectivity index (χ0n) is 10.7. The van der Waals surface area contributed by atoms with Crippen LogP contribution in [-0.2, 0) is 0 Å². The minimum absolute atomic E-state index is 0.582. The summed E-state index contributed by atoms with van der Waals surface area (Å²) in [6.45, 7) is 0.797. The van der Waals surface area contributed by atoms with E-state index in [1.165, 1.54) is 29.6 Å². The van der Waals surface area contributed by atoms with Crippen LogP contribution in [0.25, 0.3) is 10.9 Å². The van der Waals surface area contributed by atoms with E-state index in [0.717, 1.165) is 12.1 Å². The average molecular weight is 261 g/mol. The molecule has 1 fully saturated rings. The van der Waals surface area contributed by atoms with Crippen LogP contribution in [0.3, 0.4) is 0 Å². The highest BCUT2D eigenvalue weighted by Gasteiger charge is 2.30. The summed E-state index contributed by atoms with van der Waals surface area (Å²) in [5.41, 5.74) is 6.99. The fourth-order valence-corrected chi connectivity index (χ4v) is 3.96. The Kier molecular flexibility index (Phi) is 3.22. The zero-order valence-corrected chi connectivity index (χ0v) is 11.5. The number of hydrogen-bond donors (Lipinski definition) is 1. The van der Waals surface area contributed by atoms with Gasteiger partial charge in [-0.05, 0) is 49.0 Å². The predicted octanol–water partition coefficient (Wildman–Crippen LogP) is 2.86. The number of benzene rings is 1. The molecule has 3 rings (SSSR count). The first-order valence-corrected chi connectivity index (χ1v) is 7.36. The number of fused-ring (bicyclic) bond motifs is 1. The molecule has 2 unspecified atom stereocenters. The van der Waals surface area contributed by atoms with E-state index in [0.29, 0.717) is 12.0 Å². The quantitative estimate of drug-likeness (QED) is 0.923. The van der Waals surface area contributed by atoms with E-state index in [2.05, 4.69) is 34.5 Å². The minimum atomic E-state index is 0.582. The lowest BCUT2D eigenvalue weighted by Crippen LogP contribution is -2.37. The Bertz CT molecular complexity index is 537. The standard InChI is InChI=1S/C14H19N3S/c1-17(13-8-4-5-10(13)9-15)14-11-6-2-3-7-12(11)16-18-14/h2-3,6-7,10,13H,4-5,8-9,15H2,1H3. The predicted molar refractivity (Wildman–Crippen MR) is 78.2 cm³/mol. The Morgan fingerprint density at radius 1 is 1.39 bits per heavy atom. The molecule has 0 amide bonds. The van der Waals surface area contributed by atoms with E-state index in [1.807, 2.05) is 6.07 Å². The normalized spacial score (nSPS) is 23.7. The SMILES string of the molecule is CN(c1snc2ccccc12)C1CCCC1CN. The summed E-state index contributed by atoms with van der Waals surface area (Å²) in [4.78, 5) is 2.41. The topological polar surface area (TPSA) is 42.2 Å². The van der Waals surface area contributed by atoms with E-state index in [1.54, 1.807) is 11.5 Å². The van der Waals surface area contributed by atoms with Crippen LogP contribution < -0.4 is 10.6 Å². The third-order valence-corrected chi connectivity index (χ3v) is 5.07. The van der Waals surface area contributed by atoms with Gasteiger partial charge in [0.1, 0.15) is 5.00 Å². The molecular weight excluding hydrogens is 242 g/mol. The summed E-state index contributed by atoms with van der Waals surface area (Å²) in [6, 6.07) is 8.96. The third kappa shape index (κ3) is 1.89. The van der Waals surface area contributed by atoms with Crippen LogP contribution >= 0.6 is 11.5 Å². The van der Waals surface area contributed by atoms with Gasteiger partial charge in [-0.15, -0.1) is 0 Å². The summed E-state index contributed by atoms with van der Waals surface area (Å²) in [5, 5.41) is 2.56. The molecule has 0 spiro atoms. The van der Waals surface area contributed by atoms with Crippen molar-refractivity contribution in [1.29, 1.82) is 0 Å². The van der Waals surface area contributed by atoms with E-state index in [4.69, 9.17) is 5.73 Å². The van der Waals surface area contributed by atoms with Crippen molar-refractivity contribution in [2.24, 2.45) is 11.7 Å². The van der Waals surface area contributed by atoms with Crippen LogP contribution in [0.2, 0.25) is 0 Å². The van der Waals surface area contributed by atoms with Crippen molar-refractivity contribution in [2.75, 3.05) is 18.5 Å². The van der Waals surface area contributed by atoms with Crippen molar-refractivity contribution in [3.63, 3.8) is 0 Å². The maximum Gasteiger partial charge on any atom is 0.119 e. The van der Waals surface area contributed by atoms with Crippen LogP contribution in [0, 0.1) is 5.92 Å². The van der Waals surface area contributed by atoms with Gasteiger partial charge >= 0.3 is 0 Å². The molecule has 0 bridgehead atoms. The lowest BCUT2D eigenvalue weighted by atomic mass is 10.0. The lowest BCUT2D eigenvalue weighted by molar-refractivity contribution is 0.476. The average Bonchev–Trinajstić information content (AvgIpc) is 3.04. The molecule has 3 nitrogen and oxygen atoms in total. The highest BCUT2D eigenvalue weighted by Crippen LogP contribution is 2.37. The van der Waals surface area contributed by atoms with Gasteiger partial charge in [0, 0.05) is 18.5 Å². The molecule has 0 aliphatic heterocycles. The summed E-state index contributed by atoms with van der Waals surface area (Å²) in [5.74, 6) is 0.635. The smallest absolute Gasteiger partial charge is 0.119 e. The van der Waals surface area contributed by atoms with Crippen LogP contribution in [0.4, 0.5) is 5.00 Å². The molecular formula is C14H19N3S. The fourth-order valence-electron chi connectivity index (χ4n) is 3.08.